The summed E-state index contributed by atoms with van der Waals surface area (Å²) >= 11 is 0. The molecule has 0 saturated carbocycles. The fourth-order valence-electron chi connectivity index (χ4n) is 4.34. The minimum Gasteiger partial charge on any atom is -0.376 e. The molecule has 0 spiro atoms. The van der Waals surface area contributed by atoms with Crippen LogP contribution in [0, 0.1) is 5.92 Å². The number of hydrogen-bond donors (Lipinski definition) is 1. The minimum absolute atomic E-state index is 0.0248. The lowest BCUT2D eigenvalue weighted by Crippen LogP contribution is -2.39. The van der Waals surface area contributed by atoms with Crippen LogP contribution in [-0.2, 0) is 17.7 Å². The van der Waals surface area contributed by atoms with Gasteiger partial charge in [0.25, 0.3) is 11.8 Å². The van der Waals surface area contributed by atoms with Gasteiger partial charge in [-0.05, 0) is 50.9 Å². The molecule has 2 fully saturated rings. The van der Waals surface area contributed by atoms with E-state index in [9.17, 15) is 9.59 Å². The summed E-state index contributed by atoms with van der Waals surface area (Å²) in [4.78, 5) is 32.3. The van der Waals surface area contributed by atoms with Crippen molar-refractivity contribution in [1.29, 1.82) is 0 Å². The van der Waals surface area contributed by atoms with Gasteiger partial charge in [-0.2, -0.15) is 0 Å². The third-order valence-electron chi connectivity index (χ3n) is 6.11. The molecule has 7 nitrogen and oxygen atoms in total. The highest BCUT2D eigenvalue weighted by Crippen LogP contribution is 2.24. The van der Waals surface area contributed by atoms with E-state index < -0.39 is 0 Å². The summed E-state index contributed by atoms with van der Waals surface area (Å²) in [6.45, 7) is 5.85. The Bertz CT molecular complexity index is 700. The number of carbonyl (C=O) groups excluding carboxylic acids is 2. The Morgan fingerprint density at radius 2 is 1.96 bits per heavy atom. The van der Waals surface area contributed by atoms with Crippen LogP contribution in [-0.4, -0.2) is 58.6 Å². The molecule has 2 saturated heterocycles. The molecule has 1 aromatic heterocycles. The van der Waals surface area contributed by atoms with Gasteiger partial charge >= 0.3 is 0 Å². The zero-order valence-corrected chi connectivity index (χ0v) is 16.2. The van der Waals surface area contributed by atoms with Crippen LogP contribution in [0.1, 0.15) is 72.3 Å². The monoisotopic (exact) mass is 374 g/mol. The van der Waals surface area contributed by atoms with E-state index in [-0.39, 0.29) is 17.9 Å². The van der Waals surface area contributed by atoms with Crippen molar-refractivity contribution in [1.82, 2.24) is 19.8 Å². The number of carbonyl (C=O) groups is 2. The predicted octanol–water partition coefficient (Wildman–Crippen LogP) is 2.00. The van der Waals surface area contributed by atoms with E-state index >= 15 is 0 Å². The number of hydrogen-bond acceptors (Lipinski definition) is 4. The normalized spacial score (nSPS) is 23.3. The average Bonchev–Trinajstić information content (AvgIpc) is 3.34. The number of rotatable bonds is 4. The summed E-state index contributed by atoms with van der Waals surface area (Å²) in [5.74, 6) is 0.912. The zero-order valence-electron chi connectivity index (χ0n) is 16.2. The maximum absolute atomic E-state index is 13.1. The smallest absolute Gasteiger partial charge is 0.289 e. The summed E-state index contributed by atoms with van der Waals surface area (Å²) < 4.78 is 7.57. The molecule has 1 N–H and O–H groups in total. The van der Waals surface area contributed by atoms with Gasteiger partial charge in [0.1, 0.15) is 5.69 Å². The molecule has 1 aromatic rings. The molecule has 3 aliphatic rings. The Labute approximate surface area is 160 Å². The molecular weight excluding hydrogens is 344 g/mol. The quantitative estimate of drug-likeness (QED) is 0.875. The van der Waals surface area contributed by atoms with Crippen molar-refractivity contribution >= 4 is 11.8 Å². The van der Waals surface area contributed by atoms with Gasteiger partial charge in [-0.15, -0.1) is 0 Å². The third kappa shape index (κ3) is 3.88. The number of nitrogens with one attached hydrogen (secondary N) is 1. The molecule has 4 rings (SSSR count). The molecule has 0 radical (unpaired) electrons. The molecule has 7 heteroatoms. The average molecular weight is 374 g/mol. The van der Waals surface area contributed by atoms with Crippen molar-refractivity contribution in [2.75, 3.05) is 26.2 Å². The summed E-state index contributed by atoms with van der Waals surface area (Å²) in [6, 6.07) is 0. The van der Waals surface area contributed by atoms with Gasteiger partial charge < -0.3 is 19.5 Å². The van der Waals surface area contributed by atoms with Crippen molar-refractivity contribution in [2.24, 2.45) is 5.92 Å². The number of piperidine rings is 1. The third-order valence-corrected chi connectivity index (χ3v) is 6.11. The van der Waals surface area contributed by atoms with E-state index in [1.165, 1.54) is 0 Å². The number of imidazole rings is 1. The highest BCUT2D eigenvalue weighted by atomic mass is 16.5. The van der Waals surface area contributed by atoms with Gasteiger partial charge in [0.2, 0.25) is 0 Å². The molecule has 4 heterocycles. The first-order valence-corrected chi connectivity index (χ1v) is 10.4. The molecular formula is C20H30N4O3. The van der Waals surface area contributed by atoms with Crippen molar-refractivity contribution in [3.63, 3.8) is 0 Å². The molecule has 148 valence electrons. The molecule has 3 aliphatic heterocycles. The van der Waals surface area contributed by atoms with E-state index in [2.05, 4.69) is 17.2 Å². The Morgan fingerprint density at radius 3 is 2.70 bits per heavy atom. The van der Waals surface area contributed by atoms with E-state index in [0.29, 0.717) is 24.0 Å². The van der Waals surface area contributed by atoms with Crippen molar-refractivity contribution in [3.8, 4) is 0 Å². The molecule has 27 heavy (non-hydrogen) atoms. The molecule has 0 aliphatic carbocycles. The fourth-order valence-corrected chi connectivity index (χ4v) is 4.34. The molecule has 1 unspecified atom stereocenters. The molecule has 2 amide bonds. The first-order chi connectivity index (χ1) is 13.1. The second-order valence-electron chi connectivity index (χ2n) is 8.16. The standard InChI is InChI=1S/C20H30N4O3/c1-14-7-10-23(11-8-14)20(26)18-22-17(16-6-2-3-9-24(16)18)19(25)21-13-15-5-4-12-27-15/h14-15H,2-13H2,1H3,(H,21,25). The van der Waals surface area contributed by atoms with Crippen LogP contribution < -0.4 is 5.32 Å². The van der Waals surface area contributed by atoms with Gasteiger partial charge in [-0.3, -0.25) is 9.59 Å². The summed E-state index contributed by atoms with van der Waals surface area (Å²) in [5.41, 5.74) is 1.35. The van der Waals surface area contributed by atoms with Crippen LogP contribution in [0.4, 0.5) is 0 Å². The lowest BCUT2D eigenvalue weighted by Gasteiger charge is -2.30. The SMILES string of the molecule is CC1CCN(C(=O)c2nc(C(=O)NCC3CCCO3)c3n2CCCC3)CC1. The second-order valence-corrected chi connectivity index (χ2v) is 8.16. The number of nitrogens with zero attached hydrogens (tertiary/aromatic N) is 3. The Morgan fingerprint density at radius 1 is 1.15 bits per heavy atom. The van der Waals surface area contributed by atoms with Crippen molar-refractivity contribution in [3.05, 3.63) is 17.2 Å². The number of ether oxygens (including phenoxy) is 1. The Kier molecular flexibility index (Phi) is 5.48. The van der Waals surface area contributed by atoms with Crippen molar-refractivity contribution in [2.45, 2.75) is 64.5 Å². The van der Waals surface area contributed by atoms with Gasteiger partial charge in [0, 0.05) is 32.8 Å². The van der Waals surface area contributed by atoms with Crippen LogP contribution in [0.25, 0.3) is 0 Å². The molecule has 1 atom stereocenters. The topological polar surface area (TPSA) is 76.5 Å². The van der Waals surface area contributed by atoms with Crippen molar-refractivity contribution < 1.29 is 14.3 Å². The number of likely N-dealkylation sites (tertiary alicyclic amines) is 1. The van der Waals surface area contributed by atoms with Gasteiger partial charge in [-0.25, -0.2) is 4.98 Å². The number of fused-ring (bicyclic) bond motifs is 1. The maximum atomic E-state index is 13.1. The number of amides is 2. The van der Waals surface area contributed by atoms with Crippen LogP contribution in [0.15, 0.2) is 0 Å². The summed E-state index contributed by atoms with van der Waals surface area (Å²) in [7, 11) is 0. The minimum atomic E-state index is -0.178. The molecule has 0 bridgehead atoms. The first-order valence-electron chi connectivity index (χ1n) is 10.4. The molecule has 0 aromatic carbocycles. The largest absolute Gasteiger partial charge is 0.376 e. The highest BCUT2D eigenvalue weighted by Gasteiger charge is 2.31. The first kappa shape index (κ1) is 18.5. The van der Waals surface area contributed by atoms with Crippen LogP contribution in [0.5, 0.6) is 0 Å². The van der Waals surface area contributed by atoms with Crippen LogP contribution >= 0.6 is 0 Å². The predicted molar refractivity (Wildman–Crippen MR) is 101 cm³/mol. The van der Waals surface area contributed by atoms with E-state index in [4.69, 9.17) is 4.74 Å². The Hall–Kier alpha value is -1.89. The summed E-state index contributed by atoms with van der Waals surface area (Å²) in [6.07, 6.45) is 7.07. The van der Waals surface area contributed by atoms with Gasteiger partial charge in [0.05, 0.1) is 11.8 Å². The maximum Gasteiger partial charge on any atom is 0.289 e. The van der Waals surface area contributed by atoms with Crippen LogP contribution in [0.3, 0.4) is 0 Å². The zero-order chi connectivity index (χ0) is 18.8. The number of aromatic nitrogens is 2. The fraction of sp³-hybridized carbons (Fsp3) is 0.750. The van der Waals surface area contributed by atoms with Gasteiger partial charge in [0.15, 0.2) is 5.82 Å². The summed E-state index contributed by atoms with van der Waals surface area (Å²) in [5, 5.41) is 2.96. The second kappa shape index (κ2) is 8.00. The van der Waals surface area contributed by atoms with Gasteiger partial charge in [-0.1, -0.05) is 6.92 Å². The lowest BCUT2D eigenvalue weighted by atomic mass is 9.99. The van der Waals surface area contributed by atoms with Crippen LogP contribution in [0.2, 0.25) is 0 Å². The van der Waals surface area contributed by atoms with E-state index in [0.717, 1.165) is 76.9 Å². The van der Waals surface area contributed by atoms with E-state index in [1.54, 1.807) is 0 Å². The highest BCUT2D eigenvalue weighted by molar-refractivity contribution is 5.97. The van der Waals surface area contributed by atoms with E-state index in [1.807, 2.05) is 9.47 Å². The lowest BCUT2D eigenvalue weighted by molar-refractivity contribution is 0.0678. The Balaban J connectivity index is 1.52.